The van der Waals surface area contributed by atoms with Crippen LogP contribution in [0.5, 0.6) is 0 Å². The Morgan fingerprint density at radius 2 is 1.59 bits per heavy atom. The number of amides is 2. The highest BCUT2D eigenvalue weighted by Gasteiger charge is 2.54. The van der Waals surface area contributed by atoms with Gasteiger partial charge in [0.05, 0.1) is 0 Å². The van der Waals surface area contributed by atoms with E-state index in [0.717, 1.165) is 42.6 Å². The van der Waals surface area contributed by atoms with Crippen LogP contribution in [0.3, 0.4) is 0 Å². The monoisotopic (exact) mass is 389 g/mol. The normalized spacial score (nSPS) is 29.4. The molecule has 4 saturated carbocycles. The van der Waals surface area contributed by atoms with E-state index in [-0.39, 0.29) is 17.2 Å². The fraction of sp³-hybridized carbons (Fsp3) is 0.458. The highest BCUT2D eigenvalue weighted by Crippen LogP contribution is 2.60. The largest absolute Gasteiger partial charge is 0.352 e. The van der Waals surface area contributed by atoms with Gasteiger partial charge in [-0.1, -0.05) is 18.2 Å². The summed E-state index contributed by atoms with van der Waals surface area (Å²) in [6.45, 7) is 0.517. The first kappa shape index (κ1) is 18.3. The van der Waals surface area contributed by atoms with Gasteiger partial charge in [-0.15, -0.1) is 0 Å². The third-order valence-corrected chi connectivity index (χ3v) is 7.10. The standard InChI is InChI=1S/C24H27N3O2/c28-22(27-21-3-1-2-8-25-21)20-6-4-16(5-7-20)15-26-23(29)24-12-17-9-18(13-24)11-19(10-17)14-24/h1-8,17-19H,9-15H2,(H,26,29)(H,25,27,28). The minimum absolute atomic E-state index is 0.114. The lowest BCUT2D eigenvalue weighted by Crippen LogP contribution is -2.53. The van der Waals surface area contributed by atoms with Gasteiger partial charge < -0.3 is 10.6 Å². The number of benzene rings is 1. The van der Waals surface area contributed by atoms with Crippen molar-refractivity contribution >= 4 is 17.6 Å². The second kappa shape index (κ2) is 7.29. The molecular weight excluding hydrogens is 362 g/mol. The van der Waals surface area contributed by atoms with Crippen molar-refractivity contribution in [1.82, 2.24) is 10.3 Å². The van der Waals surface area contributed by atoms with Crippen LogP contribution in [-0.2, 0) is 11.3 Å². The van der Waals surface area contributed by atoms with Gasteiger partial charge in [0.15, 0.2) is 0 Å². The molecule has 2 amide bonds. The van der Waals surface area contributed by atoms with Crippen molar-refractivity contribution in [3.8, 4) is 0 Å². The van der Waals surface area contributed by atoms with Crippen molar-refractivity contribution in [2.75, 3.05) is 5.32 Å². The number of pyridine rings is 1. The molecule has 1 aromatic carbocycles. The summed E-state index contributed by atoms with van der Waals surface area (Å²) in [5.74, 6) is 2.89. The van der Waals surface area contributed by atoms with Crippen LogP contribution in [0.4, 0.5) is 5.82 Å². The maximum absolute atomic E-state index is 13.1. The second-order valence-electron chi connectivity index (χ2n) is 9.25. The van der Waals surface area contributed by atoms with E-state index in [1.54, 1.807) is 24.4 Å². The molecule has 4 bridgehead atoms. The molecule has 2 N–H and O–H groups in total. The van der Waals surface area contributed by atoms with Crippen LogP contribution < -0.4 is 10.6 Å². The van der Waals surface area contributed by atoms with Gasteiger partial charge in [0, 0.05) is 23.7 Å². The molecule has 0 aliphatic heterocycles. The summed E-state index contributed by atoms with van der Waals surface area (Å²) < 4.78 is 0. The molecular formula is C24H27N3O2. The summed E-state index contributed by atoms with van der Waals surface area (Å²) >= 11 is 0. The lowest BCUT2D eigenvalue weighted by atomic mass is 9.49. The Balaban J connectivity index is 1.18. The zero-order valence-corrected chi connectivity index (χ0v) is 16.6. The molecule has 5 heteroatoms. The number of nitrogens with zero attached hydrogens (tertiary/aromatic N) is 1. The Morgan fingerprint density at radius 1 is 0.931 bits per heavy atom. The molecule has 1 heterocycles. The fourth-order valence-electron chi connectivity index (χ4n) is 6.16. The van der Waals surface area contributed by atoms with E-state index >= 15 is 0 Å². The van der Waals surface area contributed by atoms with E-state index < -0.39 is 0 Å². The molecule has 6 rings (SSSR count). The molecule has 5 nitrogen and oxygen atoms in total. The topological polar surface area (TPSA) is 71.1 Å². The molecule has 150 valence electrons. The summed E-state index contributed by atoms with van der Waals surface area (Å²) in [6.07, 6.45) is 8.91. The molecule has 0 saturated heterocycles. The predicted molar refractivity (Wildman–Crippen MR) is 111 cm³/mol. The molecule has 4 fully saturated rings. The quantitative estimate of drug-likeness (QED) is 0.806. The second-order valence-corrected chi connectivity index (χ2v) is 9.25. The molecule has 0 unspecified atom stereocenters. The average molecular weight is 389 g/mol. The number of rotatable bonds is 5. The van der Waals surface area contributed by atoms with Gasteiger partial charge in [-0.3, -0.25) is 9.59 Å². The van der Waals surface area contributed by atoms with Crippen molar-refractivity contribution < 1.29 is 9.59 Å². The van der Waals surface area contributed by atoms with Crippen molar-refractivity contribution in [3.63, 3.8) is 0 Å². The molecule has 2 aromatic rings. The SMILES string of the molecule is O=C(Nc1ccccn1)c1ccc(CNC(=O)C23CC4CC(CC(C4)C2)C3)cc1. The number of hydrogen-bond donors (Lipinski definition) is 2. The molecule has 0 atom stereocenters. The van der Waals surface area contributed by atoms with Gasteiger partial charge in [0.25, 0.3) is 5.91 Å². The van der Waals surface area contributed by atoms with Crippen LogP contribution in [0.25, 0.3) is 0 Å². The Labute approximate surface area is 171 Å². The first-order valence-corrected chi connectivity index (χ1v) is 10.7. The van der Waals surface area contributed by atoms with Crippen molar-refractivity contribution in [3.05, 3.63) is 59.8 Å². The Kier molecular flexibility index (Phi) is 4.61. The van der Waals surface area contributed by atoms with Gasteiger partial charge in [-0.05, 0) is 86.1 Å². The minimum Gasteiger partial charge on any atom is -0.352 e. The predicted octanol–water partition coefficient (Wildman–Crippen LogP) is 4.17. The number of anilines is 1. The van der Waals surface area contributed by atoms with Crippen LogP contribution in [-0.4, -0.2) is 16.8 Å². The highest BCUT2D eigenvalue weighted by atomic mass is 16.2. The molecule has 1 aromatic heterocycles. The maximum atomic E-state index is 13.1. The number of carbonyl (C=O) groups excluding carboxylic acids is 2. The van der Waals surface area contributed by atoms with Crippen LogP contribution >= 0.6 is 0 Å². The van der Waals surface area contributed by atoms with E-state index in [0.29, 0.717) is 17.9 Å². The van der Waals surface area contributed by atoms with Gasteiger partial charge in [0.1, 0.15) is 5.82 Å². The van der Waals surface area contributed by atoms with E-state index in [1.165, 1.54) is 19.3 Å². The Morgan fingerprint density at radius 3 is 2.17 bits per heavy atom. The molecule has 0 spiro atoms. The zero-order valence-electron chi connectivity index (χ0n) is 16.6. The van der Waals surface area contributed by atoms with Gasteiger partial charge in [-0.2, -0.15) is 0 Å². The summed E-state index contributed by atoms with van der Waals surface area (Å²) in [5.41, 5.74) is 1.47. The molecule has 29 heavy (non-hydrogen) atoms. The highest BCUT2D eigenvalue weighted by molar-refractivity contribution is 6.03. The maximum Gasteiger partial charge on any atom is 0.256 e. The van der Waals surface area contributed by atoms with Gasteiger partial charge in [0.2, 0.25) is 5.91 Å². The first-order valence-electron chi connectivity index (χ1n) is 10.7. The number of carbonyl (C=O) groups is 2. The number of hydrogen-bond acceptors (Lipinski definition) is 3. The smallest absolute Gasteiger partial charge is 0.256 e. The van der Waals surface area contributed by atoms with Crippen LogP contribution in [0.1, 0.15) is 54.4 Å². The minimum atomic E-state index is -0.187. The number of aromatic nitrogens is 1. The lowest BCUT2D eigenvalue weighted by molar-refractivity contribution is -0.146. The summed E-state index contributed by atoms with van der Waals surface area (Å²) in [4.78, 5) is 29.5. The first-order chi connectivity index (χ1) is 14.1. The van der Waals surface area contributed by atoms with Crippen molar-refractivity contribution in [1.29, 1.82) is 0 Å². The number of nitrogens with one attached hydrogen (secondary N) is 2. The van der Waals surface area contributed by atoms with Gasteiger partial charge >= 0.3 is 0 Å². The summed E-state index contributed by atoms with van der Waals surface area (Å²) in [5, 5.41) is 5.98. The lowest BCUT2D eigenvalue weighted by Gasteiger charge is -2.55. The fourth-order valence-corrected chi connectivity index (χ4v) is 6.16. The molecule has 0 radical (unpaired) electrons. The van der Waals surface area contributed by atoms with Crippen LogP contribution in [0, 0.1) is 23.2 Å². The van der Waals surface area contributed by atoms with Crippen molar-refractivity contribution in [2.45, 2.75) is 45.1 Å². The van der Waals surface area contributed by atoms with Gasteiger partial charge in [-0.25, -0.2) is 4.98 Å². The third-order valence-electron chi connectivity index (χ3n) is 7.10. The van der Waals surface area contributed by atoms with E-state index in [4.69, 9.17) is 0 Å². The Bertz CT molecular complexity index is 872. The van der Waals surface area contributed by atoms with E-state index in [2.05, 4.69) is 15.6 Å². The average Bonchev–Trinajstić information content (AvgIpc) is 2.72. The van der Waals surface area contributed by atoms with Crippen molar-refractivity contribution in [2.24, 2.45) is 23.2 Å². The van der Waals surface area contributed by atoms with E-state index in [9.17, 15) is 9.59 Å². The zero-order chi connectivity index (χ0) is 19.8. The third kappa shape index (κ3) is 3.66. The molecule has 4 aliphatic carbocycles. The van der Waals surface area contributed by atoms with Crippen LogP contribution in [0.2, 0.25) is 0 Å². The van der Waals surface area contributed by atoms with E-state index in [1.807, 2.05) is 24.3 Å². The summed E-state index contributed by atoms with van der Waals surface area (Å²) in [7, 11) is 0. The Hall–Kier alpha value is -2.69. The van der Waals surface area contributed by atoms with Crippen LogP contribution in [0.15, 0.2) is 48.7 Å². The molecule has 4 aliphatic rings. The summed E-state index contributed by atoms with van der Waals surface area (Å²) in [6, 6.07) is 12.8.